The van der Waals surface area contributed by atoms with Crippen molar-refractivity contribution in [3.8, 4) is 0 Å². The number of aliphatic hydroxyl groups excluding tert-OH is 1. The Balaban J connectivity index is 2.21. The number of aromatic nitrogens is 4. The number of halogens is 1. The fraction of sp³-hybridized carbons (Fsp3) is 0.643. The van der Waals surface area contributed by atoms with Gasteiger partial charge in [-0.3, -0.25) is 0 Å². The summed E-state index contributed by atoms with van der Waals surface area (Å²) < 4.78 is 1.92. The highest BCUT2D eigenvalue weighted by atomic mass is 35.5. The average Bonchev–Trinajstić information content (AvgIpc) is 2.84. The first-order valence-corrected chi connectivity index (χ1v) is 7.54. The number of nitrogens with zero attached hydrogens (tertiary/aromatic N) is 4. The van der Waals surface area contributed by atoms with Crippen molar-refractivity contribution in [1.82, 2.24) is 19.5 Å². The summed E-state index contributed by atoms with van der Waals surface area (Å²) in [6.45, 7) is 3.99. The molecule has 0 saturated carbocycles. The van der Waals surface area contributed by atoms with Gasteiger partial charge in [-0.2, -0.15) is 0 Å². The lowest BCUT2D eigenvalue weighted by molar-refractivity contribution is 0.124. The highest BCUT2D eigenvalue weighted by molar-refractivity contribution is 6.33. The van der Waals surface area contributed by atoms with Gasteiger partial charge in [0.2, 0.25) is 0 Å². The number of rotatable bonds is 7. The van der Waals surface area contributed by atoms with E-state index in [1.54, 1.807) is 13.3 Å². The Bertz CT molecular complexity index is 555. The lowest BCUT2D eigenvalue weighted by atomic mass is 10.0. The molecule has 2 heterocycles. The largest absolute Gasteiger partial charge is 0.391 e. The third-order valence-electron chi connectivity index (χ3n) is 3.58. The third-order valence-corrected chi connectivity index (χ3v) is 3.86. The van der Waals surface area contributed by atoms with Gasteiger partial charge in [-0.05, 0) is 13.3 Å². The Labute approximate surface area is 124 Å². The summed E-state index contributed by atoms with van der Waals surface area (Å²) in [5.41, 5.74) is 1.28. The zero-order valence-corrected chi connectivity index (χ0v) is 12.7. The van der Waals surface area contributed by atoms with Crippen LogP contribution in [0.2, 0.25) is 5.15 Å². The van der Waals surface area contributed by atoms with Crippen LogP contribution in [0.5, 0.6) is 0 Å². The predicted octanol–water partition coefficient (Wildman–Crippen LogP) is 3.37. The van der Waals surface area contributed by atoms with Gasteiger partial charge in [0, 0.05) is 0 Å². The van der Waals surface area contributed by atoms with Crippen molar-refractivity contribution in [2.75, 3.05) is 0 Å². The van der Waals surface area contributed by atoms with Crippen molar-refractivity contribution in [3.05, 3.63) is 17.8 Å². The molecule has 1 N–H and O–H groups in total. The molecule has 0 spiro atoms. The molecule has 0 amide bonds. The first-order chi connectivity index (χ1) is 9.65. The van der Waals surface area contributed by atoms with Crippen LogP contribution in [0, 0.1) is 0 Å². The molecule has 0 fully saturated rings. The standard InChI is InChI=1S/C14H21ClN4O/c1-3-4-5-6-7-11(10(2)20)19-9-18-12-13(15)16-8-17-14(12)19/h8-11,20H,3-7H2,1-2H3. The maximum absolute atomic E-state index is 10.0. The van der Waals surface area contributed by atoms with Gasteiger partial charge in [-0.15, -0.1) is 0 Å². The van der Waals surface area contributed by atoms with Crippen LogP contribution in [0.4, 0.5) is 0 Å². The summed E-state index contributed by atoms with van der Waals surface area (Å²) in [7, 11) is 0. The minimum atomic E-state index is -0.456. The lowest BCUT2D eigenvalue weighted by Crippen LogP contribution is -2.21. The molecule has 110 valence electrons. The first-order valence-electron chi connectivity index (χ1n) is 7.16. The van der Waals surface area contributed by atoms with Crippen molar-refractivity contribution >= 4 is 22.8 Å². The molecule has 2 rings (SSSR count). The fourth-order valence-electron chi connectivity index (χ4n) is 2.46. The number of hydrogen-bond donors (Lipinski definition) is 1. The number of fused-ring (bicyclic) bond motifs is 1. The van der Waals surface area contributed by atoms with Gasteiger partial charge < -0.3 is 9.67 Å². The Morgan fingerprint density at radius 1 is 1.25 bits per heavy atom. The van der Waals surface area contributed by atoms with Gasteiger partial charge >= 0.3 is 0 Å². The van der Waals surface area contributed by atoms with Crippen molar-refractivity contribution in [1.29, 1.82) is 0 Å². The molecule has 0 aromatic carbocycles. The highest BCUT2D eigenvalue weighted by Gasteiger charge is 2.20. The summed E-state index contributed by atoms with van der Waals surface area (Å²) in [5, 5.41) is 10.4. The minimum absolute atomic E-state index is 0.0252. The molecule has 2 atom stereocenters. The van der Waals surface area contributed by atoms with Gasteiger partial charge in [0.05, 0.1) is 18.5 Å². The van der Waals surface area contributed by atoms with E-state index in [1.807, 2.05) is 4.57 Å². The molecule has 2 aromatic heterocycles. The van der Waals surface area contributed by atoms with Crippen molar-refractivity contribution in [3.63, 3.8) is 0 Å². The van der Waals surface area contributed by atoms with Gasteiger partial charge in [0.15, 0.2) is 10.8 Å². The molecule has 2 unspecified atom stereocenters. The van der Waals surface area contributed by atoms with E-state index >= 15 is 0 Å². The van der Waals surface area contributed by atoms with E-state index in [0.29, 0.717) is 16.3 Å². The number of imidazole rings is 1. The normalized spacial score (nSPS) is 14.6. The van der Waals surface area contributed by atoms with E-state index < -0.39 is 6.10 Å². The van der Waals surface area contributed by atoms with Crippen LogP contribution in [-0.2, 0) is 0 Å². The summed E-state index contributed by atoms with van der Waals surface area (Å²) in [5.74, 6) is 0. The van der Waals surface area contributed by atoms with Gasteiger partial charge in [0.1, 0.15) is 11.8 Å². The van der Waals surface area contributed by atoms with Crippen LogP contribution in [0.3, 0.4) is 0 Å². The first kappa shape index (κ1) is 15.2. The van der Waals surface area contributed by atoms with Crippen LogP contribution in [0.1, 0.15) is 52.0 Å². The zero-order chi connectivity index (χ0) is 14.5. The topological polar surface area (TPSA) is 63.8 Å². The Hall–Kier alpha value is -1.20. The van der Waals surface area contributed by atoms with Gasteiger partial charge in [-0.25, -0.2) is 15.0 Å². The quantitative estimate of drug-likeness (QED) is 0.628. The maximum atomic E-state index is 10.0. The number of hydrogen-bond acceptors (Lipinski definition) is 4. The van der Waals surface area contributed by atoms with Crippen molar-refractivity contribution in [2.24, 2.45) is 0 Å². The second kappa shape index (κ2) is 6.99. The van der Waals surface area contributed by atoms with Crippen molar-refractivity contribution in [2.45, 2.75) is 58.1 Å². The molecule has 0 aliphatic heterocycles. The van der Waals surface area contributed by atoms with E-state index in [0.717, 1.165) is 12.8 Å². The Morgan fingerprint density at radius 2 is 2.05 bits per heavy atom. The van der Waals surface area contributed by atoms with E-state index in [1.165, 1.54) is 25.6 Å². The van der Waals surface area contributed by atoms with Gasteiger partial charge in [0.25, 0.3) is 0 Å². The Morgan fingerprint density at radius 3 is 2.75 bits per heavy atom. The zero-order valence-electron chi connectivity index (χ0n) is 12.0. The van der Waals surface area contributed by atoms with E-state index in [4.69, 9.17) is 11.6 Å². The molecular weight excluding hydrogens is 276 g/mol. The van der Waals surface area contributed by atoms with Crippen LogP contribution in [-0.4, -0.2) is 30.7 Å². The number of aliphatic hydroxyl groups is 1. The molecule has 0 radical (unpaired) electrons. The summed E-state index contributed by atoms with van der Waals surface area (Å²) in [6.07, 6.45) is 8.28. The molecule has 0 bridgehead atoms. The highest BCUT2D eigenvalue weighted by Crippen LogP contribution is 2.26. The van der Waals surface area contributed by atoms with E-state index in [-0.39, 0.29) is 6.04 Å². The summed E-state index contributed by atoms with van der Waals surface area (Å²) >= 11 is 6.01. The molecule has 20 heavy (non-hydrogen) atoms. The molecule has 6 heteroatoms. The minimum Gasteiger partial charge on any atom is -0.391 e. The smallest absolute Gasteiger partial charge is 0.165 e. The van der Waals surface area contributed by atoms with E-state index in [2.05, 4.69) is 21.9 Å². The molecule has 5 nitrogen and oxygen atoms in total. The average molecular weight is 297 g/mol. The predicted molar refractivity (Wildman–Crippen MR) is 79.8 cm³/mol. The molecule has 2 aromatic rings. The number of unbranched alkanes of at least 4 members (excludes halogenated alkanes) is 3. The molecular formula is C14H21ClN4O. The van der Waals surface area contributed by atoms with Crippen LogP contribution in [0.15, 0.2) is 12.7 Å². The second-order valence-corrected chi connectivity index (χ2v) is 5.50. The van der Waals surface area contributed by atoms with Crippen LogP contribution in [0.25, 0.3) is 11.2 Å². The van der Waals surface area contributed by atoms with Gasteiger partial charge in [-0.1, -0.05) is 44.2 Å². The SMILES string of the molecule is CCCCCCC(C(C)O)n1cnc2c(Cl)ncnc21. The summed E-state index contributed by atoms with van der Waals surface area (Å²) in [6, 6.07) is -0.0252. The van der Waals surface area contributed by atoms with E-state index in [9.17, 15) is 5.11 Å². The summed E-state index contributed by atoms with van der Waals surface area (Å²) in [4.78, 5) is 12.4. The third kappa shape index (κ3) is 3.27. The lowest BCUT2D eigenvalue weighted by Gasteiger charge is -2.21. The maximum Gasteiger partial charge on any atom is 0.165 e. The molecule has 0 aliphatic carbocycles. The van der Waals surface area contributed by atoms with Crippen LogP contribution >= 0.6 is 11.6 Å². The van der Waals surface area contributed by atoms with Crippen molar-refractivity contribution < 1.29 is 5.11 Å². The van der Waals surface area contributed by atoms with Crippen LogP contribution < -0.4 is 0 Å². The molecule has 0 aliphatic rings. The monoisotopic (exact) mass is 296 g/mol. The molecule has 0 saturated heterocycles. The fourth-order valence-corrected chi connectivity index (χ4v) is 2.64. The second-order valence-electron chi connectivity index (χ2n) is 5.15. The Kier molecular flexibility index (Phi) is 5.31.